The summed E-state index contributed by atoms with van der Waals surface area (Å²) in [4.78, 5) is 12.3. The Kier molecular flexibility index (Phi) is 6.37. The summed E-state index contributed by atoms with van der Waals surface area (Å²) >= 11 is 0. The molecule has 3 aromatic carbocycles. The minimum Gasteiger partial charge on any atom is -0.397 e. The fraction of sp³-hybridized carbons (Fsp3) is 0.125. The van der Waals surface area contributed by atoms with Gasteiger partial charge in [-0.05, 0) is 66.4 Å². The van der Waals surface area contributed by atoms with E-state index in [0.29, 0.717) is 11.4 Å². The topological polar surface area (TPSA) is 89.3 Å². The molecule has 154 valence electrons. The molecule has 0 unspecified atom stereocenters. The van der Waals surface area contributed by atoms with Crippen molar-refractivity contribution in [3.05, 3.63) is 95.1 Å². The molecule has 6 heteroatoms. The molecule has 5 nitrogen and oxygen atoms in total. The number of nitrogen functional groups attached to an aromatic ring is 1. The Bertz CT molecular complexity index is 1200. The van der Waals surface area contributed by atoms with Crippen molar-refractivity contribution < 1.29 is 13.2 Å². The molecule has 0 atom stereocenters. The van der Waals surface area contributed by atoms with Gasteiger partial charge in [-0.2, -0.15) is 0 Å². The second kappa shape index (κ2) is 8.97. The van der Waals surface area contributed by atoms with Gasteiger partial charge in [0.15, 0.2) is 9.84 Å². The zero-order valence-electron chi connectivity index (χ0n) is 16.9. The summed E-state index contributed by atoms with van der Waals surface area (Å²) in [6.45, 7) is 3.96. The standard InChI is InChI=1S/C24H24N2O3S/c1-17-7-8-20(15-18(17)2)16-30(28,29)21-12-9-19(10-13-21)11-14-24(27)26-23-6-4-3-5-22(23)25/h3-15H,16,25H2,1-2H3,(H,26,27)/b14-11+. The van der Waals surface area contributed by atoms with Crippen LogP contribution in [0.5, 0.6) is 0 Å². The summed E-state index contributed by atoms with van der Waals surface area (Å²) in [5.41, 5.74) is 10.5. The van der Waals surface area contributed by atoms with Crippen molar-refractivity contribution >= 4 is 33.2 Å². The van der Waals surface area contributed by atoms with Gasteiger partial charge in [0.05, 0.1) is 22.0 Å². The van der Waals surface area contributed by atoms with Crippen molar-refractivity contribution in [2.24, 2.45) is 0 Å². The molecule has 3 N–H and O–H groups in total. The molecule has 3 aromatic rings. The highest BCUT2D eigenvalue weighted by atomic mass is 32.2. The van der Waals surface area contributed by atoms with Crippen molar-refractivity contribution in [3.63, 3.8) is 0 Å². The Balaban J connectivity index is 1.67. The molecule has 0 aromatic heterocycles. The van der Waals surface area contributed by atoms with E-state index in [1.54, 1.807) is 54.6 Å². The summed E-state index contributed by atoms with van der Waals surface area (Å²) in [7, 11) is -3.45. The average Bonchev–Trinajstić information content (AvgIpc) is 2.71. The van der Waals surface area contributed by atoms with Gasteiger partial charge in [-0.1, -0.05) is 42.5 Å². The lowest BCUT2D eigenvalue weighted by molar-refractivity contribution is -0.111. The smallest absolute Gasteiger partial charge is 0.248 e. The van der Waals surface area contributed by atoms with Crippen LogP contribution in [-0.2, 0) is 20.4 Å². The molecule has 0 fully saturated rings. The van der Waals surface area contributed by atoms with Gasteiger partial charge in [-0.15, -0.1) is 0 Å². The van der Waals surface area contributed by atoms with Gasteiger partial charge < -0.3 is 11.1 Å². The van der Waals surface area contributed by atoms with E-state index < -0.39 is 9.84 Å². The predicted molar refractivity (Wildman–Crippen MR) is 122 cm³/mol. The Morgan fingerprint density at radius 2 is 1.67 bits per heavy atom. The lowest BCUT2D eigenvalue weighted by atomic mass is 10.1. The number of para-hydroxylation sites is 2. The van der Waals surface area contributed by atoms with Crippen LogP contribution in [-0.4, -0.2) is 14.3 Å². The van der Waals surface area contributed by atoms with E-state index >= 15 is 0 Å². The first-order valence-electron chi connectivity index (χ1n) is 9.47. The summed E-state index contributed by atoms with van der Waals surface area (Å²) in [6.07, 6.45) is 3.00. The molecule has 0 saturated carbocycles. The third kappa shape index (κ3) is 5.36. The average molecular weight is 421 g/mol. The third-order valence-corrected chi connectivity index (χ3v) is 6.52. The molecule has 0 spiro atoms. The highest BCUT2D eigenvalue weighted by Gasteiger charge is 2.15. The van der Waals surface area contributed by atoms with Crippen molar-refractivity contribution in [3.8, 4) is 0 Å². The van der Waals surface area contributed by atoms with Gasteiger partial charge in [0.25, 0.3) is 0 Å². The summed E-state index contributed by atoms with van der Waals surface area (Å²) < 4.78 is 25.4. The van der Waals surface area contributed by atoms with Crippen LogP contribution in [0.2, 0.25) is 0 Å². The van der Waals surface area contributed by atoms with Crippen LogP contribution in [0.1, 0.15) is 22.3 Å². The van der Waals surface area contributed by atoms with Crippen LogP contribution in [0.25, 0.3) is 6.08 Å². The normalized spacial score (nSPS) is 11.5. The SMILES string of the molecule is Cc1ccc(CS(=O)(=O)c2ccc(/C=C/C(=O)Nc3ccccc3N)cc2)cc1C. The first-order chi connectivity index (χ1) is 14.2. The lowest BCUT2D eigenvalue weighted by Crippen LogP contribution is -2.09. The van der Waals surface area contributed by atoms with Crippen molar-refractivity contribution in [1.29, 1.82) is 0 Å². The van der Waals surface area contributed by atoms with Crippen molar-refractivity contribution in [2.75, 3.05) is 11.1 Å². The number of hydrogen-bond donors (Lipinski definition) is 2. The van der Waals surface area contributed by atoms with Gasteiger partial charge in [-0.25, -0.2) is 8.42 Å². The van der Waals surface area contributed by atoms with E-state index in [2.05, 4.69) is 5.32 Å². The van der Waals surface area contributed by atoms with Crippen LogP contribution >= 0.6 is 0 Å². The minimum atomic E-state index is -3.45. The second-order valence-electron chi connectivity index (χ2n) is 7.16. The number of amides is 1. The maximum absolute atomic E-state index is 12.7. The number of sulfone groups is 1. The highest BCUT2D eigenvalue weighted by molar-refractivity contribution is 7.90. The number of benzene rings is 3. The zero-order valence-corrected chi connectivity index (χ0v) is 17.7. The first kappa shape index (κ1) is 21.3. The molecule has 0 aliphatic carbocycles. The van der Waals surface area contributed by atoms with Gasteiger partial charge in [0.2, 0.25) is 5.91 Å². The number of carbonyl (C=O) groups excluding carboxylic acids is 1. The van der Waals surface area contributed by atoms with E-state index in [1.807, 2.05) is 32.0 Å². The van der Waals surface area contributed by atoms with Crippen molar-refractivity contribution in [1.82, 2.24) is 0 Å². The van der Waals surface area contributed by atoms with Crippen molar-refractivity contribution in [2.45, 2.75) is 24.5 Å². The summed E-state index contributed by atoms with van der Waals surface area (Å²) in [6, 6.07) is 19.1. The van der Waals surface area contributed by atoms with Crippen LogP contribution in [0.4, 0.5) is 11.4 Å². The number of nitrogens with two attached hydrogens (primary N) is 1. The maximum Gasteiger partial charge on any atom is 0.248 e. The second-order valence-corrected chi connectivity index (χ2v) is 9.15. The molecule has 0 aliphatic rings. The molecule has 1 amide bonds. The molecule has 0 bridgehead atoms. The quantitative estimate of drug-likeness (QED) is 0.453. The molecule has 3 rings (SSSR count). The summed E-state index contributed by atoms with van der Waals surface area (Å²) in [5.74, 6) is -0.371. The Labute approximate surface area is 177 Å². The van der Waals surface area contributed by atoms with Gasteiger partial charge >= 0.3 is 0 Å². The number of anilines is 2. The lowest BCUT2D eigenvalue weighted by Gasteiger charge is -2.08. The molecule has 30 heavy (non-hydrogen) atoms. The van der Waals surface area contributed by atoms with Gasteiger partial charge in [0, 0.05) is 6.08 Å². The fourth-order valence-corrected chi connectivity index (χ4v) is 4.28. The highest BCUT2D eigenvalue weighted by Crippen LogP contribution is 2.20. The number of aryl methyl sites for hydroxylation is 2. The van der Waals surface area contributed by atoms with E-state index in [4.69, 9.17) is 5.73 Å². The largest absolute Gasteiger partial charge is 0.397 e. The number of rotatable bonds is 6. The Hall–Kier alpha value is -3.38. The number of hydrogen-bond acceptors (Lipinski definition) is 4. The van der Waals surface area contributed by atoms with E-state index in [1.165, 1.54) is 6.08 Å². The zero-order chi connectivity index (χ0) is 21.7. The first-order valence-corrected chi connectivity index (χ1v) is 11.1. The minimum absolute atomic E-state index is 0.0514. The predicted octanol–water partition coefficient (Wildman–Crippen LogP) is 4.51. The molecule has 0 heterocycles. The van der Waals surface area contributed by atoms with Gasteiger partial charge in [0.1, 0.15) is 0 Å². The molecule has 0 saturated heterocycles. The Morgan fingerprint density at radius 3 is 2.33 bits per heavy atom. The third-order valence-electron chi connectivity index (χ3n) is 4.81. The molecular formula is C24H24N2O3S. The van der Waals surface area contributed by atoms with Crippen LogP contribution in [0, 0.1) is 13.8 Å². The van der Waals surface area contributed by atoms with E-state index in [9.17, 15) is 13.2 Å². The van der Waals surface area contributed by atoms with E-state index in [-0.39, 0.29) is 16.6 Å². The van der Waals surface area contributed by atoms with Crippen LogP contribution < -0.4 is 11.1 Å². The molecule has 0 radical (unpaired) electrons. The maximum atomic E-state index is 12.7. The summed E-state index contributed by atoms with van der Waals surface area (Å²) in [5, 5.41) is 2.71. The number of nitrogens with one attached hydrogen (secondary N) is 1. The van der Waals surface area contributed by atoms with Crippen LogP contribution in [0.15, 0.2) is 77.7 Å². The van der Waals surface area contributed by atoms with Gasteiger partial charge in [-0.3, -0.25) is 4.79 Å². The molecule has 0 aliphatic heterocycles. The molecular weight excluding hydrogens is 396 g/mol. The fourth-order valence-electron chi connectivity index (χ4n) is 2.94. The monoisotopic (exact) mass is 420 g/mol. The van der Waals surface area contributed by atoms with E-state index in [0.717, 1.165) is 22.3 Å². The number of carbonyl (C=O) groups is 1. The Morgan fingerprint density at radius 1 is 0.967 bits per heavy atom. The van der Waals surface area contributed by atoms with Crippen LogP contribution in [0.3, 0.4) is 0 Å².